The molecule has 0 spiro atoms. The van der Waals surface area contributed by atoms with Gasteiger partial charge < -0.3 is 15.5 Å². The van der Waals surface area contributed by atoms with E-state index in [4.69, 9.17) is 11.6 Å². The number of carbonyl (C=O) groups is 2. The lowest BCUT2D eigenvalue weighted by atomic mass is 10.0. The number of hydrogen-bond donors (Lipinski definition) is 2. The minimum atomic E-state index is -0.887. The Balaban J connectivity index is 1.84. The number of piperidine rings is 1. The van der Waals surface area contributed by atoms with Gasteiger partial charge in [-0.15, -0.1) is 0 Å². The minimum absolute atomic E-state index is 0.0226. The van der Waals surface area contributed by atoms with Crippen molar-refractivity contribution in [3.63, 3.8) is 0 Å². The van der Waals surface area contributed by atoms with E-state index in [1.807, 2.05) is 0 Å². The van der Waals surface area contributed by atoms with Gasteiger partial charge in [-0.1, -0.05) is 18.5 Å². The van der Waals surface area contributed by atoms with Gasteiger partial charge in [-0.2, -0.15) is 0 Å². The van der Waals surface area contributed by atoms with E-state index in [1.54, 1.807) is 0 Å². The van der Waals surface area contributed by atoms with E-state index in [1.165, 1.54) is 12.1 Å². The van der Waals surface area contributed by atoms with Crippen LogP contribution in [0.4, 0.5) is 10.1 Å². The van der Waals surface area contributed by atoms with E-state index >= 15 is 0 Å². The van der Waals surface area contributed by atoms with E-state index in [0.717, 1.165) is 45.0 Å². The predicted octanol–water partition coefficient (Wildman–Crippen LogP) is 2.41. The fourth-order valence-corrected chi connectivity index (χ4v) is 2.81. The smallest absolute Gasteiger partial charge is 0.313 e. The molecule has 1 aromatic rings. The fourth-order valence-electron chi connectivity index (χ4n) is 2.64. The number of likely N-dealkylation sites (tertiary alicyclic amines) is 1. The number of halogens is 2. The standard InChI is InChI=1S/C16H21ClFN3O2/c1-2-7-21-8-5-12(6-9-21)19-15(22)16(23)20-14-10-11(17)3-4-13(14)18/h3-4,10,12H,2,5-9H2,1H3,(H,19,22)(H,20,23). The lowest BCUT2D eigenvalue weighted by molar-refractivity contribution is -0.136. The molecule has 0 bridgehead atoms. The second-order valence-corrected chi connectivity index (χ2v) is 6.10. The number of anilines is 1. The van der Waals surface area contributed by atoms with Crippen molar-refractivity contribution in [2.45, 2.75) is 32.2 Å². The maximum atomic E-state index is 13.6. The number of amides is 2. The van der Waals surface area contributed by atoms with Gasteiger partial charge in [0, 0.05) is 24.2 Å². The molecule has 0 aromatic heterocycles. The Kier molecular flexibility index (Phi) is 6.36. The largest absolute Gasteiger partial charge is 0.345 e. The number of carbonyl (C=O) groups excluding carboxylic acids is 2. The lowest BCUT2D eigenvalue weighted by Crippen LogP contribution is -2.47. The van der Waals surface area contributed by atoms with Crippen LogP contribution in [0.25, 0.3) is 0 Å². The third-order valence-electron chi connectivity index (χ3n) is 3.85. The summed E-state index contributed by atoms with van der Waals surface area (Å²) in [5.74, 6) is -2.27. The molecular formula is C16H21ClFN3O2. The Labute approximate surface area is 140 Å². The Morgan fingerprint density at radius 1 is 1.30 bits per heavy atom. The summed E-state index contributed by atoms with van der Waals surface area (Å²) in [5.41, 5.74) is -0.101. The van der Waals surface area contributed by atoms with Gasteiger partial charge in [-0.25, -0.2) is 4.39 Å². The molecule has 1 aromatic carbocycles. The molecule has 5 nitrogen and oxygen atoms in total. The van der Waals surface area contributed by atoms with E-state index in [9.17, 15) is 14.0 Å². The molecule has 1 saturated heterocycles. The first kappa shape index (κ1) is 17.7. The van der Waals surface area contributed by atoms with Crippen LogP contribution in [0, 0.1) is 5.82 Å². The van der Waals surface area contributed by atoms with Crippen LogP contribution in [0.2, 0.25) is 5.02 Å². The molecule has 0 unspecified atom stereocenters. The molecule has 0 radical (unpaired) electrons. The summed E-state index contributed by atoms with van der Waals surface area (Å²) in [6.07, 6.45) is 2.72. The van der Waals surface area contributed by atoms with Crippen LogP contribution in [-0.4, -0.2) is 42.4 Å². The summed E-state index contributed by atoms with van der Waals surface area (Å²) in [6, 6.07) is 3.76. The van der Waals surface area contributed by atoms with Crippen molar-refractivity contribution in [2.75, 3.05) is 25.0 Å². The number of nitrogens with zero attached hydrogens (tertiary/aromatic N) is 1. The van der Waals surface area contributed by atoms with Crippen molar-refractivity contribution >= 4 is 29.1 Å². The summed E-state index contributed by atoms with van der Waals surface area (Å²) in [4.78, 5) is 26.1. The zero-order valence-electron chi connectivity index (χ0n) is 13.1. The van der Waals surface area contributed by atoms with E-state index < -0.39 is 17.6 Å². The van der Waals surface area contributed by atoms with Gasteiger partial charge in [0.25, 0.3) is 0 Å². The zero-order valence-corrected chi connectivity index (χ0v) is 13.8. The van der Waals surface area contributed by atoms with Gasteiger partial charge in [0.1, 0.15) is 5.82 Å². The molecule has 1 fully saturated rings. The van der Waals surface area contributed by atoms with Crippen molar-refractivity contribution < 1.29 is 14.0 Å². The molecule has 2 N–H and O–H groups in total. The maximum absolute atomic E-state index is 13.6. The molecule has 0 saturated carbocycles. The highest BCUT2D eigenvalue weighted by atomic mass is 35.5. The van der Waals surface area contributed by atoms with Gasteiger partial charge in [0.05, 0.1) is 5.69 Å². The SMILES string of the molecule is CCCN1CCC(NC(=O)C(=O)Nc2cc(Cl)ccc2F)CC1. The number of hydrogen-bond acceptors (Lipinski definition) is 3. The summed E-state index contributed by atoms with van der Waals surface area (Å²) in [5, 5.41) is 5.23. The molecule has 7 heteroatoms. The molecule has 0 aliphatic carbocycles. The quantitative estimate of drug-likeness (QED) is 0.827. The fraction of sp³-hybridized carbons (Fsp3) is 0.500. The van der Waals surface area contributed by atoms with Crippen LogP contribution < -0.4 is 10.6 Å². The molecule has 1 aliphatic heterocycles. The number of nitrogens with one attached hydrogen (secondary N) is 2. The van der Waals surface area contributed by atoms with Crippen LogP contribution in [0.3, 0.4) is 0 Å². The highest BCUT2D eigenvalue weighted by Crippen LogP contribution is 2.19. The third kappa shape index (κ3) is 5.18. The van der Waals surface area contributed by atoms with Crippen molar-refractivity contribution in [3.8, 4) is 0 Å². The molecule has 23 heavy (non-hydrogen) atoms. The van der Waals surface area contributed by atoms with Crippen LogP contribution >= 0.6 is 11.6 Å². The molecule has 1 heterocycles. The van der Waals surface area contributed by atoms with Crippen molar-refractivity contribution in [2.24, 2.45) is 0 Å². The molecule has 2 rings (SSSR count). The van der Waals surface area contributed by atoms with Gasteiger partial charge >= 0.3 is 11.8 Å². The Bertz CT molecular complexity index is 574. The normalized spacial score (nSPS) is 16.1. The first-order valence-corrected chi connectivity index (χ1v) is 8.16. The monoisotopic (exact) mass is 341 g/mol. The second kappa shape index (κ2) is 8.26. The molecule has 1 aliphatic rings. The second-order valence-electron chi connectivity index (χ2n) is 5.67. The average Bonchev–Trinajstić information content (AvgIpc) is 2.53. The van der Waals surface area contributed by atoms with E-state index in [0.29, 0.717) is 0 Å². The molecular weight excluding hydrogens is 321 g/mol. The van der Waals surface area contributed by atoms with Crippen molar-refractivity contribution in [1.82, 2.24) is 10.2 Å². The Morgan fingerprint density at radius 3 is 2.65 bits per heavy atom. The van der Waals surface area contributed by atoms with Gasteiger partial charge in [0.15, 0.2) is 0 Å². The Morgan fingerprint density at radius 2 is 2.00 bits per heavy atom. The van der Waals surface area contributed by atoms with Crippen LogP contribution in [-0.2, 0) is 9.59 Å². The zero-order chi connectivity index (χ0) is 16.8. The third-order valence-corrected chi connectivity index (χ3v) is 4.08. The van der Waals surface area contributed by atoms with E-state index in [-0.39, 0.29) is 16.8 Å². The Hall–Kier alpha value is -1.66. The summed E-state index contributed by atoms with van der Waals surface area (Å²) in [6.45, 7) is 5.00. The average molecular weight is 342 g/mol. The van der Waals surface area contributed by atoms with Crippen LogP contribution in [0.5, 0.6) is 0 Å². The lowest BCUT2D eigenvalue weighted by Gasteiger charge is -2.31. The molecule has 2 amide bonds. The van der Waals surface area contributed by atoms with Gasteiger partial charge in [0.2, 0.25) is 0 Å². The van der Waals surface area contributed by atoms with Crippen molar-refractivity contribution in [1.29, 1.82) is 0 Å². The first-order chi connectivity index (χ1) is 11.0. The highest BCUT2D eigenvalue weighted by molar-refractivity contribution is 6.40. The number of benzene rings is 1. The summed E-state index contributed by atoms with van der Waals surface area (Å²) in [7, 11) is 0. The number of rotatable bonds is 4. The summed E-state index contributed by atoms with van der Waals surface area (Å²) >= 11 is 5.75. The van der Waals surface area contributed by atoms with Crippen LogP contribution in [0.15, 0.2) is 18.2 Å². The minimum Gasteiger partial charge on any atom is -0.345 e. The van der Waals surface area contributed by atoms with E-state index in [2.05, 4.69) is 22.5 Å². The predicted molar refractivity (Wildman–Crippen MR) is 87.9 cm³/mol. The van der Waals surface area contributed by atoms with Gasteiger partial charge in [-0.05, 0) is 44.0 Å². The topological polar surface area (TPSA) is 61.4 Å². The summed E-state index contributed by atoms with van der Waals surface area (Å²) < 4.78 is 13.6. The molecule has 126 valence electrons. The highest BCUT2D eigenvalue weighted by Gasteiger charge is 2.23. The van der Waals surface area contributed by atoms with Gasteiger partial charge in [-0.3, -0.25) is 9.59 Å². The first-order valence-electron chi connectivity index (χ1n) is 7.79. The van der Waals surface area contributed by atoms with Crippen molar-refractivity contribution in [3.05, 3.63) is 29.0 Å². The van der Waals surface area contributed by atoms with Crippen LogP contribution in [0.1, 0.15) is 26.2 Å². The molecule has 0 atom stereocenters. The maximum Gasteiger partial charge on any atom is 0.313 e.